The molecule has 3 aliphatic carbocycles. The fourth-order valence-corrected chi connectivity index (χ4v) is 12.4. The van der Waals surface area contributed by atoms with E-state index in [2.05, 4.69) is 72.9 Å². The Balaban J connectivity index is 0.847. The average Bonchev–Trinajstić information content (AvgIpc) is 3.60. The summed E-state index contributed by atoms with van der Waals surface area (Å²) >= 11 is 0. The van der Waals surface area contributed by atoms with Crippen LogP contribution in [0.4, 0.5) is 17.2 Å². The van der Waals surface area contributed by atoms with E-state index in [4.69, 9.17) is 4.74 Å². The first kappa shape index (κ1) is 41.5. The molecule has 3 aromatic heterocycles. The number of piperidine rings is 2. The Labute approximate surface area is 368 Å². The molecule has 14 nitrogen and oxygen atoms in total. The maximum atomic E-state index is 14.0. The van der Waals surface area contributed by atoms with E-state index in [0.29, 0.717) is 41.2 Å². The number of nitrogens with one attached hydrogen (secondary N) is 3. The maximum Gasteiger partial charge on any atom is 0.312 e. The van der Waals surface area contributed by atoms with Gasteiger partial charge in [-0.3, -0.25) is 19.8 Å². The number of anilines is 2. The van der Waals surface area contributed by atoms with Crippen molar-refractivity contribution in [3.8, 4) is 11.5 Å². The van der Waals surface area contributed by atoms with Crippen LogP contribution >= 0.6 is 0 Å². The normalized spacial score (nSPS) is 22.5. The first-order valence-corrected chi connectivity index (χ1v) is 24.2. The summed E-state index contributed by atoms with van der Waals surface area (Å²) in [7, 11) is -4.58. The zero-order chi connectivity index (χ0) is 43.5. The number of carbonyl (C=O) groups is 1. The third kappa shape index (κ3) is 7.81. The molecule has 2 aliphatic heterocycles. The van der Waals surface area contributed by atoms with Crippen LogP contribution in [0.2, 0.25) is 0 Å². The Morgan fingerprint density at radius 1 is 0.968 bits per heavy atom. The molecule has 0 bridgehead atoms. The lowest BCUT2D eigenvalue weighted by atomic mass is 9.59. The van der Waals surface area contributed by atoms with Gasteiger partial charge in [0.05, 0.1) is 22.9 Å². The number of hydrogen-bond donors (Lipinski definition) is 3. The molecule has 63 heavy (non-hydrogen) atoms. The quantitative estimate of drug-likeness (QED) is 0.0760. The molecular formula is C48H56N8O6S. The second-order valence-corrected chi connectivity index (χ2v) is 20.8. The number of benzene rings is 2. The number of ether oxygens (including phenoxy) is 1. The van der Waals surface area contributed by atoms with Crippen molar-refractivity contribution in [2.24, 2.45) is 17.3 Å². The van der Waals surface area contributed by atoms with E-state index >= 15 is 0 Å². The molecule has 5 heterocycles. The number of carbonyl (C=O) groups excluding carboxylic acids is 1. The highest BCUT2D eigenvalue weighted by Crippen LogP contribution is 2.67. The third-order valence-electron chi connectivity index (χ3n) is 15.0. The molecule has 2 atom stereocenters. The van der Waals surface area contributed by atoms with E-state index < -0.39 is 31.4 Å². The molecule has 330 valence electrons. The molecule has 5 aromatic rings. The van der Waals surface area contributed by atoms with E-state index in [1.807, 2.05) is 12.1 Å². The number of H-pyrrole nitrogens is 1. The number of fused-ring (bicyclic) bond motifs is 2. The summed E-state index contributed by atoms with van der Waals surface area (Å²) in [6.07, 6.45) is 16.9. The predicted molar refractivity (Wildman–Crippen MR) is 242 cm³/mol. The molecule has 1 amide bonds. The first-order valence-electron chi connectivity index (χ1n) is 22.7. The Morgan fingerprint density at radius 3 is 2.52 bits per heavy atom. The molecular weight excluding hydrogens is 817 g/mol. The molecule has 2 unspecified atom stereocenters. The first-order chi connectivity index (χ1) is 30.4. The van der Waals surface area contributed by atoms with Crippen molar-refractivity contribution in [3.05, 3.63) is 106 Å². The van der Waals surface area contributed by atoms with Crippen LogP contribution in [0, 0.1) is 27.4 Å². The Kier molecular flexibility index (Phi) is 10.7. The van der Waals surface area contributed by atoms with Crippen LogP contribution in [0.15, 0.2) is 84.1 Å². The van der Waals surface area contributed by atoms with Gasteiger partial charge in [-0.25, -0.2) is 23.1 Å². The van der Waals surface area contributed by atoms with Crippen LogP contribution in [-0.4, -0.2) is 71.3 Å². The Morgan fingerprint density at radius 2 is 1.76 bits per heavy atom. The number of rotatable bonds is 13. The van der Waals surface area contributed by atoms with E-state index in [0.717, 1.165) is 80.9 Å². The number of nitrogens with zero attached hydrogens (tertiary/aromatic N) is 5. The van der Waals surface area contributed by atoms with E-state index in [-0.39, 0.29) is 22.7 Å². The summed E-state index contributed by atoms with van der Waals surface area (Å²) in [6, 6.07) is 19.5. The molecule has 10 rings (SSSR count). The summed E-state index contributed by atoms with van der Waals surface area (Å²) < 4.78 is 35.8. The monoisotopic (exact) mass is 872 g/mol. The summed E-state index contributed by atoms with van der Waals surface area (Å²) in [5.41, 5.74) is 4.62. The average molecular weight is 873 g/mol. The summed E-state index contributed by atoms with van der Waals surface area (Å²) in [5.74, 6) is 1.22. The lowest BCUT2D eigenvalue weighted by Crippen LogP contribution is -2.56. The molecule has 2 saturated heterocycles. The van der Waals surface area contributed by atoms with Gasteiger partial charge in [0.1, 0.15) is 22.0 Å². The van der Waals surface area contributed by atoms with Gasteiger partial charge in [-0.1, -0.05) is 57.4 Å². The van der Waals surface area contributed by atoms with Gasteiger partial charge in [0, 0.05) is 60.6 Å². The van der Waals surface area contributed by atoms with Crippen LogP contribution in [0.1, 0.15) is 112 Å². The van der Waals surface area contributed by atoms with E-state index in [9.17, 15) is 23.3 Å². The van der Waals surface area contributed by atoms with Crippen molar-refractivity contribution in [2.75, 3.05) is 36.4 Å². The minimum atomic E-state index is -4.58. The van der Waals surface area contributed by atoms with Gasteiger partial charge >= 0.3 is 5.69 Å². The van der Waals surface area contributed by atoms with Crippen molar-refractivity contribution in [1.29, 1.82) is 0 Å². The molecule has 0 radical (unpaired) electrons. The molecule has 3 saturated carbocycles. The number of pyridine rings is 2. The van der Waals surface area contributed by atoms with Gasteiger partial charge in [0.25, 0.3) is 15.9 Å². The van der Waals surface area contributed by atoms with Gasteiger partial charge < -0.3 is 19.9 Å². The van der Waals surface area contributed by atoms with Crippen LogP contribution in [0.25, 0.3) is 11.0 Å². The number of aromatic nitrogens is 3. The van der Waals surface area contributed by atoms with E-state index in [1.165, 1.54) is 44.2 Å². The van der Waals surface area contributed by atoms with Crippen molar-refractivity contribution < 1.29 is 22.9 Å². The second kappa shape index (κ2) is 16.2. The summed E-state index contributed by atoms with van der Waals surface area (Å²) in [4.78, 5) is 41.7. The highest BCUT2D eigenvalue weighted by molar-refractivity contribution is 7.90. The Bertz CT molecular complexity index is 2660. The zero-order valence-corrected chi connectivity index (χ0v) is 36.8. The largest absolute Gasteiger partial charge is 0.455 e. The van der Waals surface area contributed by atoms with Crippen molar-refractivity contribution in [2.45, 2.75) is 107 Å². The maximum absolute atomic E-state index is 14.0. The SMILES string of the molecule is CC(C)c1ccccc1C12CC1CCN2C1CC2(CCN(c3ccc(C(=O)NS(=O)(=O)c4cnc(NCC5CCCCC5)c([N+](=O)[O-])c4)c(Oc4cnc5[nH]ccc5c4)c3)CC2)C1. The van der Waals surface area contributed by atoms with Gasteiger partial charge in [-0.15, -0.1) is 0 Å². The van der Waals surface area contributed by atoms with Gasteiger partial charge in [0.15, 0.2) is 0 Å². The highest BCUT2D eigenvalue weighted by Gasteiger charge is 2.66. The molecule has 3 N–H and O–H groups in total. The zero-order valence-electron chi connectivity index (χ0n) is 36.0. The molecule has 2 aromatic carbocycles. The minimum absolute atomic E-state index is 0.00415. The van der Waals surface area contributed by atoms with E-state index in [1.54, 1.807) is 36.2 Å². The van der Waals surface area contributed by atoms with Crippen molar-refractivity contribution >= 4 is 44.2 Å². The number of aromatic amines is 1. The van der Waals surface area contributed by atoms with Crippen LogP contribution < -0.4 is 19.7 Å². The van der Waals surface area contributed by atoms with Crippen LogP contribution in [0.3, 0.4) is 0 Å². The number of amides is 1. The molecule has 1 spiro atoms. The van der Waals surface area contributed by atoms with Gasteiger partial charge in [-0.05, 0) is 116 Å². The minimum Gasteiger partial charge on any atom is -0.455 e. The standard InChI is InChI=1S/C48H56N8O6S/c1-31(2)39-10-6-7-11-41(39)48-25-34(48)15-19-55(48)36-26-47(27-36)16-20-54(21-17-47)35-12-13-40(43(23-35)62-37-22-33-14-18-49-44(33)51-29-37)46(57)53-63(60,61)38-24-42(56(58)59)45(52-30-38)50-28-32-8-4-3-5-9-32/h6-7,10-14,18,22-24,29-32,34,36H,3-5,8-9,15-17,19-21,25-28H2,1-2H3,(H,49,51)(H,50,52)(H,53,57). The fourth-order valence-electron chi connectivity index (χ4n) is 11.5. The van der Waals surface area contributed by atoms with Crippen LogP contribution in [-0.2, 0) is 15.6 Å². The summed E-state index contributed by atoms with van der Waals surface area (Å²) in [6.45, 7) is 8.02. The highest BCUT2D eigenvalue weighted by atomic mass is 32.2. The Hall–Kier alpha value is -5.54. The fraction of sp³-hybridized carbons (Fsp3) is 0.479. The predicted octanol–water partition coefficient (Wildman–Crippen LogP) is 9.26. The lowest BCUT2D eigenvalue weighted by Gasteiger charge is -2.56. The topological polar surface area (TPSA) is 176 Å². The van der Waals surface area contributed by atoms with Crippen molar-refractivity contribution in [1.82, 2.24) is 24.6 Å². The third-order valence-corrected chi connectivity index (χ3v) is 16.3. The van der Waals surface area contributed by atoms with Crippen LogP contribution in [0.5, 0.6) is 11.5 Å². The smallest absolute Gasteiger partial charge is 0.312 e. The second-order valence-electron chi connectivity index (χ2n) is 19.1. The lowest BCUT2D eigenvalue weighted by molar-refractivity contribution is -0.384. The number of nitro groups is 1. The number of hydrogen-bond acceptors (Lipinski definition) is 11. The van der Waals surface area contributed by atoms with Gasteiger partial charge in [-0.2, -0.15) is 0 Å². The molecule has 5 aliphatic rings. The van der Waals surface area contributed by atoms with Crippen molar-refractivity contribution in [3.63, 3.8) is 0 Å². The molecule has 5 fully saturated rings. The molecule has 15 heteroatoms. The van der Waals surface area contributed by atoms with Gasteiger partial charge in [0.2, 0.25) is 5.82 Å². The summed E-state index contributed by atoms with van der Waals surface area (Å²) in [5, 5.41) is 15.9. The number of likely N-dealkylation sites (tertiary alicyclic amines) is 1. The number of sulfonamides is 1.